The molecule has 0 aliphatic carbocycles. The first-order valence-corrected chi connectivity index (χ1v) is 6.12. The molecule has 4 nitrogen and oxygen atoms in total. The molecule has 1 aliphatic rings. The van der Waals surface area contributed by atoms with E-state index in [0.29, 0.717) is 6.54 Å². The molecule has 2 rings (SSSR count). The van der Waals surface area contributed by atoms with Crippen LogP contribution in [0.15, 0.2) is 18.2 Å². The van der Waals surface area contributed by atoms with Crippen LogP contribution in [0.5, 0.6) is 0 Å². The number of hydrogen-bond donors (Lipinski definition) is 1. The number of rotatable bonds is 3. The van der Waals surface area contributed by atoms with E-state index in [0.717, 1.165) is 17.7 Å². The van der Waals surface area contributed by atoms with Gasteiger partial charge in [0.25, 0.3) is 5.91 Å². The number of amides is 1. The van der Waals surface area contributed by atoms with Crippen LogP contribution in [0.25, 0.3) is 0 Å². The maximum atomic E-state index is 12.2. The normalized spacial score (nSPS) is 15.7. The summed E-state index contributed by atoms with van der Waals surface area (Å²) in [6.07, 6.45) is 0.804. The van der Waals surface area contributed by atoms with Gasteiger partial charge in [-0.15, -0.1) is 0 Å². The second kappa shape index (κ2) is 4.90. The molecule has 0 aromatic heterocycles. The first kappa shape index (κ1) is 12.8. The van der Waals surface area contributed by atoms with Gasteiger partial charge in [0.1, 0.15) is 6.04 Å². The zero-order valence-corrected chi connectivity index (χ0v) is 10.6. The molecule has 1 aliphatic heterocycles. The van der Waals surface area contributed by atoms with E-state index in [-0.39, 0.29) is 17.6 Å². The van der Waals surface area contributed by atoms with E-state index in [1.165, 1.54) is 0 Å². The number of Topliss-reactive ketones (excluding diaryl/α,β-unsaturated/α-hetero) is 1. The third kappa shape index (κ3) is 2.16. The number of anilines is 1. The van der Waals surface area contributed by atoms with Crippen LogP contribution in [0.3, 0.4) is 0 Å². The molecule has 1 amide bonds. The zero-order chi connectivity index (χ0) is 13.3. The standard InChI is InChI=1S/C14H17N2O2/c1-9(2)13(17)12(15)14(18)16-8-7-10-5-3-4-6-11(10)16/h3,5-6,9,12H,7-8,15H2,1-2H3. The van der Waals surface area contributed by atoms with Crippen molar-refractivity contribution in [3.63, 3.8) is 0 Å². The summed E-state index contributed by atoms with van der Waals surface area (Å²) >= 11 is 0. The SMILES string of the molecule is CC(C)C(=O)C(N)C(=O)N1CCc2cc[c]cc21. The van der Waals surface area contributed by atoms with Gasteiger partial charge in [-0.05, 0) is 24.1 Å². The van der Waals surface area contributed by atoms with Crippen molar-refractivity contribution in [3.05, 3.63) is 29.8 Å². The lowest BCUT2D eigenvalue weighted by molar-refractivity contribution is -0.130. The van der Waals surface area contributed by atoms with Crippen molar-refractivity contribution in [2.45, 2.75) is 26.3 Å². The van der Waals surface area contributed by atoms with Gasteiger partial charge in [-0.25, -0.2) is 0 Å². The summed E-state index contributed by atoms with van der Waals surface area (Å²) in [6.45, 7) is 4.09. The van der Waals surface area contributed by atoms with E-state index < -0.39 is 6.04 Å². The van der Waals surface area contributed by atoms with Crippen LogP contribution in [0.4, 0.5) is 5.69 Å². The third-order valence-electron chi connectivity index (χ3n) is 3.23. The molecule has 1 atom stereocenters. The Morgan fingerprint density at radius 1 is 1.44 bits per heavy atom. The zero-order valence-electron chi connectivity index (χ0n) is 10.6. The monoisotopic (exact) mass is 245 g/mol. The highest BCUT2D eigenvalue weighted by Gasteiger charge is 2.32. The van der Waals surface area contributed by atoms with Gasteiger partial charge in [-0.2, -0.15) is 0 Å². The van der Waals surface area contributed by atoms with Gasteiger partial charge >= 0.3 is 0 Å². The maximum absolute atomic E-state index is 12.2. The fourth-order valence-electron chi connectivity index (χ4n) is 2.15. The van der Waals surface area contributed by atoms with Crippen LogP contribution in [-0.4, -0.2) is 24.3 Å². The van der Waals surface area contributed by atoms with Crippen molar-refractivity contribution in [1.82, 2.24) is 0 Å². The molecule has 18 heavy (non-hydrogen) atoms. The fraction of sp³-hybridized carbons (Fsp3) is 0.429. The van der Waals surface area contributed by atoms with Gasteiger partial charge in [0.05, 0.1) is 0 Å². The molecule has 0 saturated heterocycles. The summed E-state index contributed by atoms with van der Waals surface area (Å²) < 4.78 is 0. The number of benzene rings is 1. The minimum atomic E-state index is -1.06. The lowest BCUT2D eigenvalue weighted by Crippen LogP contribution is -2.49. The van der Waals surface area contributed by atoms with Gasteiger partial charge in [-0.3, -0.25) is 9.59 Å². The Morgan fingerprint density at radius 3 is 2.83 bits per heavy atom. The lowest BCUT2D eigenvalue weighted by atomic mass is 10.0. The maximum Gasteiger partial charge on any atom is 0.251 e. The summed E-state index contributed by atoms with van der Waals surface area (Å²) in [5.41, 5.74) is 7.68. The van der Waals surface area contributed by atoms with Crippen molar-refractivity contribution >= 4 is 17.4 Å². The Bertz CT molecular complexity index is 482. The summed E-state index contributed by atoms with van der Waals surface area (Å²) in [4.78, 5) is 25.6. The summed E-state index contributed by atoms with van der Waals surface area (Å²) in [6, 6.07) is 7.43. The van der Waals surface area contributed by atoms with Crippen molar-refractivity contribution in [2.75, 3.05) is 11.4 Å². The molecular formula is C14H17N2O2. The topological polar surface area (TPSA) is 63.4 Å². The molecule has 1 unspecified atom stereocenters. The number of fused-ring (bicyclic) bond motifs is 1. The van der Waals surface area contributed by atoms with E-state index in [1.807, 2.05) is 12.1 Å². The Kier molecular flexibility index (Phi) is 3.48. The van der Waals surface area contributed by atoms with Gasteiger partial charge in [0, 0.05) is 18.2 Å². The van der Waals surface area contributed by atoms with Crippen LogP contribution < -0.4 is 10.6 Å². The molecule has 0 saturated carbocycles. The van der Waals surface area contributed by atoms with Crippen LogP contribution in [0.2, 0.25) is 0 Å². The van der Waals surface area contributed by atoms with E-state index >= 15 is 0 Å². The molecule has 0 bridgehead atoms. The second-order valence-electron chi connectivity index (χ2n) is 4.83. The number of carbonyl (C=O) groups excluding carboxylic acids is 2. The largest absolute Gasteiger partial charge is 0.314 e. The van der Waals surface area contributed by atoms with Crippen LogP contribution in [0.1, 0.15) is 19.4 Å². The number of nitrogens with zero attached hydrogens (tertiary/aromatic N) is 1. The molecule has 1 radical (unpaired) electrons. The minimum Gasteiger partial charge on any atom is -0.314 e. The summed E-state index contributed by atoms with van der Waals surface area (Å²) in [7, 11) is 0. The second-order valence-corrected chi connectivity index (χ2v) is 4.83. The number of ketones is 1. The molecule has 4 heteroatoms. The molecule has 1 aromatic rings. The summed E-state index contributed by atoms with van der Waals surface area (Å²) in [5.74, 6) is -0.756. The highest BCUT2D eigenvalue weighted by Crippen LogP contribution is 2.27. The number of hydrogen-bond acceptors (Lipinski definition) is 3. The molecule has 2 N–H and O–H groups in total. The van der Waals surface area contributed by atoms with Crippen molar-refractivity contribution in [2.24, 2.45) is 11.7 Å². The van der Waals surface area contributed by atoms with Crippen molar-refractivity contribution in [1.29, 1.82) is 0 Å². The van der Waals surface area contributed by atoms with E-state index in [4.69, 9.17) is 5.73 Å². The average Bonchev–Trinajstić information content (AvgIpc) is 2.79. The van der Waals surface area contributed by atoms with Gasteiger partial charge in [0.2, 0.25) is 0 Å². The van der Waals surface area contributed by atoms with Crippen LogP contribution in [-0.2, 0) is 16.0 Å². The van der Waals surface area contributed by atoms with E-state index in [2.05, 4.69) is 6.07 Å². The van der Waals surface area contributed by atoms with Gasteiger partial charge in [-0.1, -0.05) is 26.0 Å². The Hall–Kier alpha value is -1.68. The van der Waals surface area contributed by atoms with Crippen LogP contribution in [0, 0.1) is 12.0 Å². The average molecular weight is 245 g/mol. The predicted molar refractivity (Wildman–Crippen MR) is 69.2 cm³/mol. The first-order valence-electron chi connectivity index (χ1n) is 6.12. The predicted octanol–water partition coefficient (Wildman–Crippen LogP) is 0.928. The number of carbonyl (C=O) groups is 2. The highest BCUT2D eigenvalue weighted by molar-refractivity contribution is 6.12. The first-order chi connectivity index (χ1) is 8.52. The number of nitrogens with two attached hydrogens (primary N) is 1. The summed E-state index contributed by atoms with van der Waals surface area (Å²) in [5, 5.41) is 0. The molecule has 95 valence electrons. The van der Waals surface area contributed by atoms with Crippen molar-refractivity contribution < 1.29 is 9.59 Å². The Balaban J connectivity index is 2.19. The highest BCUT2D eigenvalue weighted by atomic mass is 16.2. The molecule has 0 fully saturated rings. The fourth-order valence-corrected chi connectivity index (χ4v) is 2.15. The smallest absolute Gasteiger partial charge is 0.251 e. The van der Waals surface area contributed by atoms with Gasteiger partial charge < -0.3 is 10.6 Å². The molecule has 1 aromatic carbocycles. The Labute approximate surface area is 107 Å². The molecular weight excluding hydrogens is 228 g/mol. The molecule has 1 heterocycles. The quantitative estimate of drug-likeness (QED) is 0.806. The third-order valence-corrected chi connectivity index (χ3v) is 3.23. The van der Waals surface area contributed by atoms with Gasteiger partial charge in [0.15, 0.2) is 5.78 Å². The van der Waals surface area contributed by atoms with E-state index in [9.17, 15) is 9.59 Å². The minimum absolute atomic E-state index is 0.214. The lowest BCUT2D eigenvalue weighted by Gasteiger charge is -2.21. The van der Waals surface area contributed by atoms with Crippen LogP contribution >= 0.6 is 0 Å². The Morgan fingerprint density at radius 2 is 2.17 bits per heavy atom. The molecule has 0 spiro atoms. The van der Waals surface area contributed by atoms with E-state index in [1.54, 1.807) is 24.8 Å². The van der Waals surface area contributed by atoms with Crippen molar-refractivity contribution in [3.8, 4) is 0 Å².